The number of carboxylic acid groups (broad SMARTS) is 1. The Balaban J connectivity index is 2.49. The molecule has 13 heavy (non-hydrogen) atoms. The second-order valence-electron chi connectivity index (χ2n) is 2.81. The predicted molar refractivity (Wildman–Crippen MR) is 47.2 cm³/mol. The Bertz CT molecular complexity index is 272. The van der Waals surface area contributed by atoms with Crippen molar-refractivity contribution >= 4 is 5.97 Å². The topological polar surface area (TPSA) is 37.3 Å². The number of hydrogen-bond acceptors (Lipinski definition) is 1. The van der Waals surface area contributed by atoms with E-state index in [1.165, 1.54) is 0 Å². The van der Waals surface area contributed by atoms with E-state index >= 15 is 0 Å². The van der Waals surface area contributed by atoms with E-state index in [2.05, 4.69) is 0 Å². The zero-order chi connectivity index (χ0) is 9.68. The largest absolute Gasteiger partial charge is 0.481 e. The van der Waals surface area contributed by atoms with Crippen LogP contribution in [0.3, 0.4) is 0 Å². The van der Waals surface area contributed by atoms with Crippen molar-refractivity contribution in [2.75, 3.05) is 0 Å². The van der Waals surface area contributed by atoms with Crippen LogP contribution in [0.1, 0.15) is 24.6 Å². The van der Waals surface area contributed by atoms with Gasteiger partial charge in [0, 0.05) is 6.42 Å². The van der Waals surface area contributed by atoms with E-state index in [0.29, 0.717) is 5.56 Å². The van der Waals surface area contributed by atoms with Crippen molar-refractivity contribution in [3.63, 3.8) is 0 Å². The first kappa shape index (κ1) is 9.71. The fourth-order valence-corrected chi connectivity index (χ4v) is 1.08. The maximum atomic E-state index is 13.2. The van der Waals surface area contributed by atoms with Gasteiger partial charge in [-0.1, -0.05) is 30.3 Å². The van der Waals surface area contributed by atoms with Crippen LogP contribution in [0.15, 0.2) is 30.3 Å². The summed E-state index contributed by atoms with van der Waals surface area (Å²) >= 11 is 0. The molecule has 0 spiro atoms. The average Bonchev–Trinajstić information content (AvgIpc) is 2.15. The van der Waals surface area contributed by atoms with E-state index in [4.69, 9.17) is 5.11 Å². The highest BCUT2D eigenvalue weighted by atomic mass is 19.1. The maximum absolute atomic E-state index is 13.2. The Labute approximate surface area is 76.0 Å². The summed E-state index contributed by atoms with van der Waals surface area (Å²) in [7, 11) is 0. The van der Waals surface area contributed by atoms with E-state index in [9.17, 15) is 9.18 Å². The number of aliphatic carboxylic acids is 1. The number of alkyl halides is 1. The van der Waals surface area contributed by atoms with Crippen LogP contribution in [-0.4, -0.2) is 11.1 Å². The molecule has 0 unspecified atom stereocenters. The van der Waals surface area contributed by atoms with Gasteiger partial charge in [-0.05, 0) is 12.0 Å². The van der Waals surface area contributed by atoms with Gasteiger partial charge in [-0.25, -0.2) is 4.39 Å². The lowest BCUT2D eigenvalue weighted by Crippen LogP contribution is -1.98. The first-order chi connectivity index (χ1) is 6.20. The Morgan fingerprint density at radius 2 is 2.00 bits per heavy atom. The molecule has 0 saturated heterocycles. The summed E-state index contributed by atoms with van der Waals surface area (Å²) in [6.07, 6.45) is -1.26. The Hall–Kier alpha value is -1.38. The van der Waals surface area contributed by atoms with E-state index in [-0.39, 0.29) is 12.8 Å². The van der Waals surface area contributed by atoms with Crippen molar-refractivity contribution in [3.8, 4) is 0 Å². The Morgan fingerprint density at radius 1 is 1.38 bits per heavy atom. The molecule has 0 heterocycles. The molecule has 0 aliphatic heterocycles. The lowest BCUT2D eigenvalue weighted by atomic mass is 10.1. The Morgan fingerprint density at radius 3 is 2.54 bits per heavy atom. The fourth-order valence-electron chi connectivity index (χ4n) is 1.08. The van der Waals surface area contributed by atoms with Crippen LogP contribution in [0.25, 0.3) is 0 Å². The molecule has 1 aromatic carbocycles. The van der Waals surface area contributed by atoms with Gasteiger partial charge < -0.3 is 5.11 Å². The van der Waals surface area contributed by atoms with Crippen molar-refractivity contribution in [2.24, 2.45) is 0 Å². The number of hydrogen-bond donors (Lipinski definition) is 1. The molecular weight excluding hydrogens is 171 g/mol. The van der Waals surface area contributed by atoms with Crippen LogP contribution >= 0.6 is 0 Å². The monoisotopic (exact) mass is 182 g/mol. The predicted octanol–water partition coefficient (Wildman–Crippen LogP) is 2.56. The summed E-state index contributed by atoms with van der Waals surface area (Å²) in [5, 5.41) is 8.34. The van der Waals surface area contributed by atoms with Gasteiger partial charge in [-0.3, -0.25) is 4.79 Å². The standard InChI is InChI=1S/C10H11FO2/c11-9(6-7-10(12)13)8-4-2-1-3-5-8/h1-5,9H,6-7H2,(H,12,13)/t9-/m0/s1. The van der Waals surface area contributed by atoms with Gasteiger partial charge in [-0.15, -0.1) is 0 Å². The van der Waals surface area contributed by atoms with E-state index in [0.717, 1.165) is 0 Å². The first-order valence-corrected chi connectivity index (χ1v) is 4.11. The summed E-state index contributed by atoms with van der Waals surface area (Å²) in [4.78, 5) is 10.2. The van der Waals surface area contributed by atoms with E-state index in [1.807, 2.05) is 0 Å². The van der Waals surface area contributed by atoms with Crippen LogP contribution in [0.5, 0.6) is 0 Å². The minimum Gasteiger partial charge on any atom is -0.481 e. The average molecular weight is 182 g/mol. The summed E-state index contributed by atoms with van der Waals surface area (Å²) in [5.41, 5.74) is 0.545. The van der Waals surface area contributed by atoms with Gasteiger partial charge >= 0.3 is 5.97 Å². The molecule has 3 heteroatoms. The highest BCUT2D eigenvalue weighted by Crippen LogP contribution is 2.21. The van der Waals surface area contributed by atoms with Crippen LogP contribution in [-0.2, 0) is 4.79 Å². The third-order valence-electron chi connectivity index (χ3n) is 1.77. The molecule has 1 rings (SSSR count). The maximum Gasteiger partial charge on any atom is 0.303 e. The van der Waals surface area contributed by atoms with Crippen molar-refractivity contribution in [1.29, 1.82) is 0 Å². The first-order valence-electron chi connectivity index (χ1n) is 4.11. The SMILES string of the molecule is O=C(O)CC[C@H](F)c1ccccc1. The normalized spacial score (nSPS) is 12.4. The molecule has 1 atom stereocenters. The Kier molecular flexibility index (Phi) is 3.43. The van der Waals surface area contributed by atoms with Crippen LogP contribution in [0.4, 0.5) is 4.39 Å². The molecule has 0 aliphatic rings. The molecule has 0 radical (unpaired) electrons. The minimum absolute atomic E-state index is 0.0410. The van der Waals surface area contributed by atoms with Crippen molar-refractivity contribution in [3.05, 3.63) is 35.9 Å². The van der Waals surface area contributed by atoms with Gasteiger partial charge in [0.1, 0.15) is 6.17 Å². The number of benzene rings is 1. The van der Waals surface area contributed by atoms with Gasteiger partial charge in [0.05, 0.1) is 0 Å². The molecule has 2 nitrogen and oxygen atoms in total. The molecule has 0 aliphatic carbocycles. The number of halogens is 1. The second kappa shape index (κ2) is 4.60. The molecule has 0 fully saturated rings. The highest BCUT2D eigenvalue weighted by Gasteiger charge is 2.10. The lowest BCUT2D eigenvalue weighted by Gasteiger charge is -2.05. The smallest absolute Gasteiger partial charge is 0.303 e. The van der Waals surface area contributed by atoms with Crippen LogP contribution < -0.4 is 0 Å². The summed E-state index contributed by atoms with van der Waals surface area (Å²) in [6, 6.07) is 8.60. The van der Waals surface area contributed by atoms with Crippen LogP contribution in [0, 0.1) is 0 Å². The lowest BCUT2D eigenvalue weighted by molar-refractivity contribution is -0.137. The van der Waals surface area contributed by atoms with Gasteiger partial charge in [0.15, 0.2) is 0 Å². The summed E-state index contributed by atoms with van der Waals surface area (Å²) in [6.45, 7) is 0. The van der Waals surface area contributed by atoms with Gasteiger partial charge in [0.2, 0.25) is 0 Å². The molecule has 0 bridgehead atoms. The van der Waals surface area contributed by atoms with Crippen molar-refractivity contribution < 1.29 is 14.3 Å². The number of carbonyl (C=O) groups is 1. The van der Waals surface area contributed by atoms with E-state index < -0.39 is 12.1 Å². The number of carboxylic acids is 1. The molecular formula is C10H11FO2. The molecule has 1 N–H and O–H groups in total. The molecule has 70 valence electrons. The summed E-state index contributed by atoms with van der Waals surface area (Å²) < 4.78 is 13.2. The minimum atomic E-state index is -1.17. The molecule has 0 aromatic heterocycles. The van der Waals surface area contributed by atoms with Crippen LogP contribution in [0.2, 0.25) is 0 Å². The number of rotatable bonds is 4. The van der Waals surface area contributed by atoms with Gasteiger partial charge in [0.25, 0.3) is 0 Å². The summed E-state index contributed by atoms with van der Waals surface area (Å²) in [5.74, 6) is -0.960. The zero-order valence-electron chi connectivity index (χ0n) is 7.11. The zero-order valence-corrected chi connectivity index (χ0v) is 7.11. The van der Waals surface area contributed by atoms with E-state index in [1.54, 1.807) is 30.3 Å². The third kappa shape index (κ3) is 3.23. The van der Waals surface area contributed by atoms with Gasteiger partial charge in [-0.2, -0.15) is 0 Å². The van der Waals surface area contributed by atoms with Crippen molar-refractivity contribution in [1.82, 2.24) is 0 Å². The second-order valence-corrected chi connectivity index (χ2v) is 2.81. The third-order valence-corrected chi connectivity index (χ3v) is 1.77. The fraction of sp³-hybridized carbons (Fsp3) is 0.300. The molecule has 0 amide bonds. The molecule has 1 aromatic rings. The molecule has 0 saturated carbocycles. The van der Waals surface area contributed by atoms with Crippen molar-refractivity contribution in [2.45, 2.75) is 19.0 Å². The quantitative estimate of drug-likeness (QED) is 0.776. The highest BCUT2D eigenvalue weighted by molar-refractivity contribution is 5.66.